The molecule has 120 valence electrons. The first-order valence-electron chi connectivity index (χ1n) is 7.30. The molecule has 0 saturated carbocycles. The lowest BCUT2D eigenvalue weighted by atomic mass is 10.1. The molecule has 0 bridgehead atoms. The molecule has 0 aliphatic rings. The number of hydrogen-bond acceptors (Lipinski definition) is 6. The van der Waals surface area contributed by atoms with Crippen molar-refractivity contribution in [3.63, 3.8) is 0 Å². The SMILES string of the molecule is Cc1ccc(-c2csc(SCc3cc(=O)n4ccsc4n3)n2)cc1. The van der Waals surface area contributed by atoms with Crippen molar-refractivity contribution in [3.05, 3.63) is 68.9 Å². The van der Waals surface area contributed by atoms with Crippen LogP contribution in [0.5, 0.6) is 0 Å². The average Bonchev–Trinajstić information content (AvgIpc) is 3.23. The minimum Gasteiger partial charge on any atom is -0.269 e. The van der Waals surface area contributed by atoms with E-state index in [1.165, 1.54) is 16.9 Å². The molecule has 0 radical (unpaired) electrons. The number of benzene rings is 1. The fourth-order valence-electron chi connectivity index (χ4n) is 2.28. The molecule has 0 atom stereocenters. The number of rotatable bonds is 4. The maximum atomic E-state index is 12.0. The zero-order chi connectivity index (χ0) is 16.5. The predicted molar refractivity (Wildman–Crippen MR) is 101 cm³/mol. The minimum atomic E-state index is -0.0312. The highest BCUT2D eigenvalue weighted by Crippen LogP contribution is 2.30. The van der Waals surface area contributed by atoms with E-state index in [1.807, 2.05) is 5.38 Å². The van der Waals surface area contributed by atoms with Crippen LogP contribution in [0.1, 0.15) is 11.3 Å². The van der Waals surface area contributed by atoms with Crippen molar-refractivity contribution in [2.45, 2.75) is 17.0 Å². The molecule has 0 unspecified atom stereocenters. The van der Waals surface area contributed by atoms with E-state index in [2.05, 4.69) is 46.5 Å². The first-order chi connectivity index (χ1) is 11.7. The van der Waals surface area contributed by atoms with Crippen LogP contribution in [-0.2, 0) is 5.75 Å². The molecule has 1 aromatic carbocycles. The Morgan fingerprint density at radius 2 is 2.00 bits per heavy atom. The van der Waals surface area contributed by atoms with Crippen LogP contribution in [-0.4, -0.2) is 14.4 Å². The van der Waals surface area contributed by atoms with Crippen molar-refractivity contribution in [1.82, 2.24) is 14.4 Å². The number of nitrogens with zero attached hydrogens (tertiary/aromatic N) is 3. The average molecular weight is 372 g/mol. The molecule has 0 amide bonds. The van der Waals surface area contributed by atoms with Gasteiger partial charge in [-0.1, -0.05) is 41.6 Å². The van der Waals surface area contributed by atoms with Crippen molar-refractivity contribution in [1.29, 1.82) is 0 Å². The zero-order valence-electron chi connectivity index (χ0n) is 12.8. The molecule has 7 heteroatoms. The van der Waals surface area contributed by atoms with E-state index < -0.39 is 0 Å². The molecule has 0 aliphatic carbocycles. The molecular formula is C17H13N3OS3. The van der Waals surface area contributed by atoms with Crippen molar-refractivity contribution in [2.75, 3.05) is 0 Å². The molecule has 4 aromatic rings. The van der Waals surface area contributed by atoms with Crippen molar-refractivity contribution in [2.24, 2.45) is 0 Å². The molecule has 0 fully saturated rings. The number of thiazole rings is 2. The molecular weight excluding hydrogens is 358 g/mol. The largest absolute Gasteiger partial charge is 0.269 e. The van der Waals surface area contributed by atoms with Gasteiger partial charge in [0, 0.05) is 34.3 Å². The van der Waals surface area contributed by atoms with Gasteiger partial charge >= 0.3 is 0 Å². The van der Waals surface area contributed by atoms with Gasteiger partial charge < -0.3 is 0 Å². The van der Waals surface area contributed by atoms with E-state index in [4.69, 9.17) is 0 Å². The summed E-state index contributed by atoms with van der Waals surface area (Å²) < 4.78 is 2.55. The minimum absolute atomic E-state index is 0.0312. The molecule has 4 rings (SSSR count). The number of thioether (sulfide) groups is 1. The maximum Gasteiger partial charge on any atom is 0.258 e. The van der Waals surface area contributed by atoms with Gasteiger partial charge in [0.15, 0.2) is 9.30 Å². The topological polar surface area (TPSA) is 47.3 Å². The van der Waals surface area contributed by atoms with Crippen LogP contribution in [0.25, 0.3) is 16.2 Å². The van der Waals surface area contributed by atoms with E-state index >= 15 is 0 Å². The van der Waals surface area contributed by atoms with Gasteiger partial charge in [-0.2, -0.15) is 0 Å². The second-order valence-electron chi connectivity index (χ2n) is 5.29. The van der Waals surface area contributed by atoms with Crippen LogP contribution in [0.3, 0.4) is 0 Å². The third-order valence-electron chi connectivity index (χ3n) is 3.53. The predicted octanol–water partition coefficient (Wildman–Crippen LogP) is 4.48. The first-order valence-corrected chi connectivity index (χ1v) is 10.0. The second-order valence-corrected chi connectivity index (χ2v) is 8.25. The Kier molecular flexibility index (Phi) is 4.22. The van der Waals surface area contributed by atoms with E-state index in [-0.39, 0.29) is 5.56 Å². The highest BCUT2D eigenvalue weighted by atomic mass is 32.2. The summed E-state index contributed by atoms with van der Waals surface area (Å²) in [4.78, 5) is 21.9. The lowest BCUT2D eigenvalue weighted by Gasteiger charge is -1.99. The van der Waals surface area contributed by atoms with E-state index in [1.54, 1.807) is 39.8 Å². The monoisotopic (exact) mass is 371 g/mol. The van der Waals surface area contributed by atoms with Crippen LogP contribution < -0.4 is 5.56 Å². The van der Waals surface area contributed by atoms with E-state index in [0.717, 1.165) is 26.3 Å². The summed E-state index contributed by atoms with van der Waals surface area (Å²) >= 11 is 4.70. The number of aryl methyl sites for hydroxylation is 1. The Labute approximate surface area is 150 Å². The van der Waals surface area contributed by atoms with Gasteiger partial charge in [0.25, 0.3) is 5.56 Å². The van der Waals surface area contributed by atoms with Crippen molar-refractivity contribution < 1.29 is 0 Å². The Hall–Kier alpha value is -1.96. The highest BCUT2D eigenvalue weighted by Gasteiger charge is 2.08. The zero-order valence-corrected chi connectivity index (χ0v) is 15.3. The molecule has 0 saturated heterocycles. The lowest BCUT2D eigenvalue weighted by Crippen LogP contribution is -2.12. The van der Waals surface area contributed by atoms with Crippen molar-refractivity contribution >= 4 is 39.4 Å². The van der Waals surface area contributed by atoms with E-state index in [0.29, 0.717) is 5.75 Å². The van der Waals surface area contributed by atoms with Crippen LogP contribution in [0.15, 0.2) is 56.4 Å². The fraction of sp³-hybridized carbons (Fsp3) is 0.118. The standard InChI is InChI=1S/C17H13N3OS3/c1-11-2-4-12(5-3-11)14-10-24-17(19-14)23-9-13-8-15(21)20-6-7-22-16(20)18-13/h2-8,10H,9H2,1H3. The van der Waals surface area contributed by atoms with Crippen LogP contribution >= 0.6 is 34.4 Å². The number of aromatic nitrogens is 3. The van der Waals surface area contributed by atoms with Gasteiger partial charge in [-0.3, -0.25) is 9.20 Å². The molecule has 0 N–H and O–H groups in total. The summed E-state index contributed by atoms with van der Waals surface area (Å²) in [6, 6.07) is 9.96. The maximum absolute atomic E-state index is 12.0. The molecule has 0 aliphatic heterocycles. The van der Waals surface area contributed by atoms with Gasteiger partial charge in [-0.25, -0.2) is 9.97 Å². The Balaban J connectivity index is 1.51. The highest BCUT2D eigenvalue weighted by molar-refractivity contribution is 8.00. The molecule has 3 aromatic heterocycles. The molecule has 0 spiro atoms. The molecule has 4 nitrogen and oxygen atoms in total. The second kappa shape index (κ2) is 6.51. The Morgan fingerprint density at radius 3 is 2.83 bits per heavy atom. The summed E-state index contributed by atoms with van der Waals surface area (Å²) in [5, 5.41) is 3.94. The third kappa shape index (κ3) is 3.15. The fourth-order valence-corrected chi connectivity index (χ4v) is 4.74. The Bertz CT molecular complexity index is 1050. The van der Waals surface area contributed by atoms with Crippen LogP contribution in [0.2, 0.25) is 0 Å². The summed E-state index contributed by atoms with van der Waals surface area (Å²) in [5.74, 6) is 0.643. The summed E-state index contributed by atoms with van der Waals surface area (Å²) in [6.07, 6.45) is 1.75. The number of fused-ring (bicyclic) bond motifs is 1. The Morgan fingerprint density at radius 1 is 1.17 bits per heavy atom. The van der Waals surface area contributed by atoms with Crippen LogP contribution in [0, 0.1) is 6.92 Å². The normalized spacial score (nSPS) is 11.2. The van der Waals surface area contributed by atoms with E-state index in [9.17, 15) is 4.79 Å². The van der Waals surface area contributed by atoms with Gasteiger partial charge in [0.1, 0.15) is 0 Å². The summed E-state index contributed by atoms with van der Waals surface area (Å²) in [5.41, 5.74) is 4.12. The third-order valence-corrected chi connectivity index (χ3v) is 6.34. The smallest absolute Gasteiger partial charge is 0.258 e. The lowest BCUT2D eigenvalue weighted by molar-refractivity contribution is 1.04. The quantitative estimate of drug-likeness (QED) is 0.496. The van der Waals surface area contributed by atoms with Gasteiger partial charge in [0.05, 0.1) is 11.4 Å². The number of hydrogen-bond donors (Lipinski definition) is 0. The van der Waals surface area contributed by atoms with Gasteiger partial charge in [-0.05, 0) is 6.92 Å². The summed E-state index contributed by atoms with van der Waals surface area (Å²) in [7, 11) is 0. The summed E-state index contributed by atoms with van der Waals surface area (Å²) in [6.45, 7) is 2.08. The molecule has 24 heavy (non-hydrogen) atoms. The van der Waals surface area contributed by atoms with Gasteiger partial charge in [0.2, 0.25) is 0 Å². The molecule has 3 heterocycles. The van der Waals surface area contributed by atoms with Crippen LogP contribution in [0.4, 0.5) is 0 Å². The van der Waals surface area contributed by atoms with Gasteiger partial charge in [-0.15, -0.1) is 22.7 Å². The van der Waals surface area contributed by atoms with Crippen molar-refractivity contribution in [3.8, 4) is 11.3 Å². The first kappa shape index (κ1) is 15.6.